The van der Waals surface area contributed by atoms with Crippen LogP contribution in [-0.2, 0) is 17.8 Å². The third-order valence-electron chi connectivity index (χ3n) is 3.99. The zero-order chi connectivity index (χ0) is 18.5. The Morgan fingerprint density at radius 2 is 1.92 bits per heavy atom. The highest BCUT2D eigenvalue weighted by Gasteiger charge is 2.15. The van der Waals surface area contributed by atoms with Crippen molar-refractivity contribution in [3.63, 3.8) is 0 Å². The smallest absolute Gasteiger partial charge is 0.225 e. The summed E-state index contributed by atoms with van der Waals surface area (Å²) in [6.45, 7) is 2.05. The number of carbonyl (C=O) groups excluding carboxylic acids is 1. The summed E-state index contributed by atoms with van der Waals surface area (Å²) in [5.41, 5.74) is 2.19. The zero-order valence-electron chi connectivity index (χ0n) is 14.6. The third kappa shape index (κ3) is 4.08. The molecular formula is C20H19FN2O2S. The van der Waals surface area contributed by atoms with Gasteiger partial charge in [-0.1, -0.05) is 30.3 Å². The lowest BCUT2D eigenvalue weighted by Gasteiger charge is -2.06. The summed E-state index contributed by atoms with van der Waals surface area (Å²) in [5, 5.41) is 3.58. The van der Waals surface area contributed by atoms with Crippen molar-refractivity contribution in [3.8, 4) is 16.3 Å². The van der Waals surface area contributed by atoms with Crippen molar-refractivity contribution < 1.29 is 13.9 Å². The van der Waals surface area contributed by atoms with Gasteiger partial charge in [-0.15, -0.1) is 11.3 Å². The lowest BCUT2D eigenvalue weighted by Crippen LogP contribution is -2.24. The van der Waals surface area contributed by atoms with Gasteiger partial charge in [0.2, 0.25) is 5.91 Å². The lowest BCUT2D eigenvalue weighted by atomic mass is 10.2. The van der Waals surface area contributed by atoms with Gasteiger partial charge in [0.05, 0.1) is 24.8 Å². The van der Waals surface area contributed by atoms with E-state index in [1.54, 1.807) is 25.3 Å². The number of hydrogen-bond acceptors (Lipinski definition) is 4. The molecule has 1 aromatic heterocycles. The van der Waals surface area contributed by atoms with Gasteiger partial charge in [0.1, 0.15) is 16.6 Å². The standard InChI is InChI=1S/C20H19FN2O2S/c1-13-18(11-19(24)22-12-14-7-3-5-9-16(14)21)26-20(23-13)15-8-4-6-10-17(15)25-2/h3-10H,11-12H2,1-2H3,(H,22,24). The summed E-state index contributed by atoms with van der Waals surface area (Å²) >= 11 is 1.47. The maximum atomic E-state index is 13.6. The second-order valence-electron chi connectivity index (χ2n) is 5.77. The molecule has 1 amide bonds. The quantitative estimate of drug-likeness (QED) is 0.710. The SMILES string of the molecule is COc1ccccc1-c1nc(C)c(CC(=O)NCc2ccccc2F)s1. The number of nitrogens with one attached hydrogen (secondary N) is 1. The van der Waals surface area contributed by atoms with E-state index in [9.17, 15) is 9.18 Å². The van der Waals surface area contributed by atoms with Crippen LogP contribution in [-0.4, -0.2) is 18.0 Å². The first kappa shape index (κ1) is 18.1. The van der Waals surface area contributed by atoms with E-state index in [1.165, 1.54) is 17.4 Å². The number of amides is 1. The van der Waals surface area contributed by atoms with Crippen molar-refractivity contribution in [1.29, 1.82) is 0 Å². The van der Waals surface area contributed by atoms with Crippen LogP contribution < -0.4 is 10.1 Å². The molecule has 0 unspecified atom stereocenters. The van der Waals surface area contributed by atoms with Gasteiger partial charge in [-0.05, 0) is 25.1 Å². The molecule has 26 heavy (non-hydrogen) atoms. The van der Waals surface area contributed by atoms with Gasteiger partial charge in [0.15, 0.2) is 0 Å². The lowest BCUT2D eigenvalue weighted by molar-refractivity contribution is -0.120. The third-order valence-corrected chi connectivity index (χ3v) is 5.18. The number of para-hydroxylation sites is 1. The molecule has 0 saturated heterocycles. The molecule has 1 N–H and O–H groups in total. The fraction of sp³-hybridized carbons (Fsp3) is 0.200. The van der Waals surface area contributed by atoms with E-state index in [2.05, 4.69) is 10.3 Å². The van der Waals surface area contributed by atoms with Gasteiger partial charge >= 0.3 is 0 Å². The number of benzene rings is 2. The van der Waals surface area contributed by atoms with E-state index in [-0.39, 0.29) is 24.7 Å². The molecule has 0 fully saturated rings. The highest BCUT2D eigenvalue weighted by atomic mass is 32.1. The Bertz CT molecular complexity index is 924. The zero-order valence-corrected chi connectivity index (χ0v) is 15.4. The van der Waals surface area contributed by atoms with Crippen molar-refractivity contribution in [1.82, 2.24) is 10.3 Å². The minimum atomic E-state index is -0.319. The first-order chi connectivity index (χ1) is 12.6. The molecule has 0 saturated carbocycles. The van der Waals surface area contributed by atoms with Crippen molar-refractivity contribution in [2.75, 3.05) is 7.11 Å². The molecule has 0 spiro atoms. The summed E-state index contributed by atoms with van der Waals surface area (Å²) in [6, 6.07) is 14.1. The Morgan fingerprint density at radius 1 is 1.19 bits per heavy atom. The molecule has 4 nitrogen and oxygen atoms in total. The number of nitrogens with zero attached hydrogens (tertiary/aromatic N) is 1. The van der Waals surface area contributed by atoms with E-state index in [1.807, 2.05) is 31.2 Å². The van der Waals surface area contributed by atoms with Gasteiger partial charge < -0.3 is 10.1 Å². The molecule has 2 aromatic carbocycles. The Balaban J connectivity index is 1.70. The van der Waals surface area contributed by atoms with Gasteiger partial charge in [-0.25, -0.2) is 9.37 Å². The number of carbonyl (C=O) groups is 1. The van der Waals surface area contributed by atoms with E-state index in [0.29, 0.717) is 5.56 Å². The largest absolute Gasteiger partial charge is 0.496 e. The summed E-state index contributed by atoms with van der Waals surface area (Å²) in [7, 11) is 1.62. The molecule has 0 aliphatic rings. The number of methoxy groups -OCH3 is 1. The number of halogens is 1. The van der Waals surface area contributed by atoms with Gasteiger partial charge in [0, 0.05) is 17.0 Å². The molecule has 134 valence electrons. The van der Waals surface area contributed by atoms with Gasteiger partial charge in [-0.2, -0.15) is 0 Å². The first-order valence-electron chi connectivity index (χ1n) is 8.18. The molecule has 1 heterocycles. The number of rotatable bonds is 6. The van der Waals surface area contributed by atoms with E-state index >= 15 is 0 Å². The van der Waals surface area contributed by atoms with Crippen LogP contribution in [0.1, 0.15) is 16.1 Å². The number of hydrogen-bond donors (Lipinski definition) is 1. The number of thiazole rings is 1. The predicted molar refractivity (Wildman–Crippen MR) is 101 cm³/mol. The van der Waals surface area contributed by atoms with Crippen molar-refractivity contribution >= 4 is 17.2 Å². The number of ether oxygens (including phenoxy) is 1. The van der Waals surface area contributed by atoms with E-state index in [4.69, 9.17) is 4.74 Å². The molecule has 0 radical (unpaired) electrons. The van der Waals surface area contributed by atoms with Gasteiger partial charge in [-0.3, -0.25) is 4.79 Å². The maximum Gasteiger partial charge on any atom is 0.225 e. The fourth-order valence-corrected chi connectivity index (χ4v) is 3.66. The van der Waals surface area contributed by atoms with Crippen LogP contribution in [0.2, 0.25) is 0 Å². The molecule has 0 atom stereocenters. The summed E-state index contributed by atoms with van der Waals surface area (Å²) in [6.07, 6.45) is 0.215. The Morgan fingerprint density at radius 3 is 2.69 bits per heavy atom. The van der Waals surface area contributed by atoms with Crippen LogP contribution in [0.5, 0.6) is 5.75 Å². The molecule has 3 aromatic rings. The predicted octanol–water partition coefficient (Wildman–Crippen LogP) is 4.13. The van der Waals surface area contributed by atoms with Crippen LogP contribution in [0.25, 0.3) is 10.6 Å². The van der Waals surface area contributed by atoms with Crippen LogP contribution in [0, 0.1) is 12.7 Å². The minimum absolute atomic E-state index is 0.161. The van der Waals surface area contributed by atoms with Crippen molar-refractivity contribution in [2.24, 2.45) is 0 Å². The fourth-order valence-electron chi connectivity index (χ4n) is 2.57. The van der Waals surface area contributed by atoms with Crippen LogP contribution in [0.3, 0.4) is 0 Å². The molecular weight excluding hydrogens is 351 g/mol. The van der Waals surface area contributed by atoms with Crippen molar-refractivity contribution in [3.05, 3.63) is 70.5 Å². The number of aryl methyl sites for hydroxylation is 1. The summed E-state index contributed by atoms with van der Waals surface area (Å²) in [5.74, 6) is 0.267. The molecule has 3 rings (SSSR count). The average molecular weight is 370 g/mol. The molecule has 0 bridgehead atoms. The molecule has 0 aliphatic heterocycles. The second kappa shape index (κ2) is 8.10. The van der Waals surface area contributed by atoms with Gasteiger partial charge in [0.25, 0.3) is 0 Å². The van der Waals surface area contributed by atoms with Crippen LogP contribution in [0.4, 0.5) is 4.39 Å². The Kier molecular flexibility index (Phi) is 5.63. The highest BCUT2D eigenvalue weighted by molar-refractivity contribution is 7.15. The normalized spacial score (nSPS) is 10.6. The Hall–Kier alpha value is -2.73. The summed E-state index contributed by atoms with van der Waals surface area (Å²) < 4.78 is 19.0. The molecule has 6 heteroatoms. The highest BCUT2D eigenvalue weighted by Crippen LogP contribution is 2.34. The molecule has 0 aliphatic carbocycles. The minimum Gasteiger partial charge on any atom is -0.496 e. The Labute approximate surface area is 155 Å². The topological polar surface area (TPSA) is 51.2 Å². The monoisotopic (exact) mass is 370 g/mol. The first-order valence-corrected chi connectivity index (χ1v) is 9.00. The summed E-state index contributed by atoms with van der Waals surface area (Å²) in [4.78, 5) is 17.7. The van der Waals surface area contributed by atoms with E-state index < -0.39 is 0 Å². The van der Waals surface area contributed by atoms with E-state index in [0.717, 1.165) is 26.9 Å². The number of aromatic nitrogens is 1. The van der Waals surface area contributed by atoms with Crippen LogP contribution >= 0.6 is 11.3 Å². The van der Waals surface area contributed by atoms with Crippen LogP contribution in [0.15, 0.2) is 48.5 Å². The maximum absolute atomic E-state index is 13.6. The average Bonchev–Trinajstić information content (AvgIpc) is 3.01. The second-order valence-corrected chi connectivity index (χ2v) is 6.86. The van der Waals surface area contributed by atoms with Crippen molar-refractivity contribution in [2.45, 2.75) is 19.9 Å².